The van der Waals surface area contributed by atoms with Crippen LogP contribution >= 0.6 is 0 Å². The molecule has 3 aromatic rings. The lowest BCUT2D eigenvalue weighted by Gasteiger charge is -2.18. The average molecular weight is 375 g/mol. The highest BCUT2D eigenvalue weighted by molar-refractivity contribution is 5.94. The van der Waals surface area contributed by atoms with Crippen LogP contribution in [0.4, 0.5) is 5.69 Å². The number of rotatable bonds is 4. The summed E-state index contributed by atoms with van der Waals surface area (Å²) < 4.78 is 1.24. The molecule has 28 heavy (non-hydrogen) atoms. The lowest BCUT2D eigenvalue weighted by molar-refractivity contribution is -0.119. The Morgan fingerprint density at radius 2 is 1.54 bits per heavy atom. The number of nitrogens with zero attached hydrogens (tertiary/aromatic N) is 2. The highest BCUT2D eigenvalue weighted by Gasteiger charge is 2.19. The number of anilines is 1. The van der Waals surface area contributed by atoms with Gasteiger partial charge in [-0.2, -0.15) is 5.10 Å². The normalized spacial score (nSPS) is 11.9. The van der Waals surface area contributed by atoms with Gasteiger partial charge < -0.3 is 5.32 Å². The number of hydrogen-bond donors (Lipinski definition) is 1. The number of nitrogens with one attached hydrogen (secondary N) is 1. The fourth-order valence-electron chi connectivity index (χ4n) is 3.30. The van der Waals surface area contributed by atoms with Crippen LogP contribution in [0.2, 0.25) is 0 Å². The van der Waals surface area contributed by atoms with Crippen LogP contribution in [0.3, 0.4) is 0 Å². The van der Waals surface area contributed by atoms with E-state index in [1.54, 1.807) is 13.0 Å². The third kappa shape index (κ3) is 4.03. The van der Waals surface area contributed by atoms with Crippen molar-refractivity contribution in [1.29, 1.82) is 0 Å². The molecule has 0 aliphatic carbocycles. The van der Waals surface area contributed by atoms with E-state index in [2.05, 4.69) is 10.4 Å². The van der Waals surface area contributed by atoms with E-state index < -0.39 is 6.04 Å². The SMILES string of the molecule is Cc1ccc(-c2ccc(=O)n([C@H](C)C(=O)Nc3c(C)cc(C)cc3C)n2)cc1. The summed E-state index contributed by atoms with van der Waals surface area (Å²) >= 11 is 0. The Balaban J connectivity index is 1.90. The minimum absolute atomic E-state index is 0.272. The molecule has 1 amide bonds. The van der Waals surface area contributed by atoms with Gasteiger partial charge in [0.05, 0.1) is 5.69 Å². The summed E-state index contributed by atoms with van der Waals surface area (Å²) in [5, 5.41) is 7.40. The number of amides is 1. The topological polar surface area (TPSA) is 64.0 Å². The first-order valence-electron chi connectivity index (χ1n) is 9.32. The zero-order valence-corrected chi connectivity index (χ0v) is 16.9. The lowest BCUT2D eigenvalue weighted by atomic mass is 10.0. The molecule has 0 spiro atoms. The maximum atomic E-state index is 12.8. The lowest BCUT2D eigenvalue weighted by Crippen LogP contribution is -2.33. The molecule has 1 aromatic heterocycles. The summed E-state index contributed by atoms with van der Waals surface area (Å²) in [5.41, 5.74) is 6.30. The Kier molecular flexibility index (Phi) is 5.45. The van der Waals surface area contributed by atoms with E-state index in [1.165, 1.54) is 10.7 Å². The molecule has 2 aromatic carbocycles. The minimum Gasteiger partial charge on any atom is -0.324 e. The van der Waals surface area contributed by atoms with Crippen LogP contribution in [0.15, 0.2) is 53.3 Å². The van der Waals surface area contributed by atoms with Gasteiger partial charge in [0.2, 0.25) is 5.91 Å². The molecule has 3 rings (SSSR count). The smallest absolute Gasteiger partial charge is 0.267 e. The van der Waals surface area contributed by atoms with Gasteiger partial charge in [0.1, 0.15) is 6.04 Å². The van der Waals surface area contributed by atoms with Gasteiger partial charge in [-0.3, -0.25) is 9.59 Å². The zero-order chi connectivity index (χ0) is 20.4. The molecule has 1 N–H and O–H groups in total. The first-order chi connectivity index (χ1) is 13.3. The van der Waals surface area contributed by atoms with Crippen molar-refractivity contribution in [3.05, 3.63) is 81.1 Å². The van der Waals surface area contributed by atoms with Gasteiger partial charge in [0.15, 0.2) is 0 Å². The van der Waals surface area contributed by atoms with Gasteiger partial charge >= 0.3 is 0 Å². The third-order valence-corrected chi connectivity index (χ3v) is 4.84. The number of aromatic nitrogens is 2. The number of hydrogen-bond acceptors (Lipinski definition) is 3. The number of carbonyl (C=O) groups is 1. The van der Waals surface area contributed by atoms with Crippen LogP contribution < -0.4 is 10.9 Å². The van der Waals surface area contributed by atoms with E-state index in [0.29, 0.717) is 5.69 Å². The molecular formula is C23H25N3O2. The van der Waals surface area contributed by atoms with Crippen molar-refractivity contribution in [3.8, 4) is 11.3 Å². The standard InChI is InChI=1S/C23H25N3O2/c1-14-6-8-19(9-7-14)20-10-11-21(27)26(25-20)18(5)23(28)24-22-16(3)12-15(2)13-17(22)4/h6-13,18H,1-5H3,(H,24,28)/t18-/m1/s1. The maximum absolute atomic E-state index is 12.8. The van der Waals surface area contributed by atoms with Crippen molar-refractivity contribution < 1.29 is 4.79 Å². The van der Waals surface area contributed by atoms with Crippen LogP contribution in [0.5, 0.6) is 0 Å². The Hall–Kier alpha value is -3.21. The van der Waals surface area contributed by atoms with Crippen molar-refractivity contribution in [1.82, 2.24) is 9.78 Å². The van der Waals surface area contributed by atoms with E-state index in [1.807, 2.05) is 64.1 Å². The number of aryl methyl sites for hydroxylation is 4. The zero-order valence-electron chi connectivity index (χ0n) is 16.9. The summed E-state index contributed by atoms with van der Waals surface area (Å²) in [5.74, 6) is -0.272. The van der Waals surface area contributed by atoms with E-state index >= 15 is 0 Å². The Morgan fingerprint density at radius 3 is 2.14 bits per heavy atom. The summed E-state index contributed by atoms with van der Waals surface area (Å²) in [6.45, 7) is 9.64. The summed E-state index contributed by atoms with van der Waals surface area (Å²) in [4.78, 5) is 25.2. The Bertz CT molecular complexity index is 1060. The summed E-state index contributed by atoms with van der Waals surface area (Å²) in [6, 6.07) is 14.3. The maximum Gasteiger partial charge on any atom is 0.267 e. The van der Waals surface area contributed by atoms with Crippen molar-refractivity contribution in [2.75, 3.05) is 5.32 Å². The molecule has 0 saturated carbocycles. The van der Waals surface area contributed by atoms with Crippen molar-refractivity contribution in [3.63, 3.8) is 0 Å². The van der Waals surface area contributed by atoms with E-state index in [0.717, 1.165) is 33.5 Å². The average Bonchev–Trinajstić information content (AvgIpc) is 2.65. The van der Waals surface area contributed by atoms with Crippen molar-refractivity contribution in [2.45, 2.75) is 40.7 Å². The first-order valence-corrected chi connectivity index (χ1v) is 9.32. The van der Waals surface area contributed by atoms with Gasteiger partial charge in [0, 0.05) is 17.3 Å². The van der Waals surface area contributed by atoms with Crippen molar-refractivity contribution >= 4 is 11.6 Å². The quantitative estimate of drug-likeness (QED) is 0.738. The molecule has 0 fully saturated rings. The number of carbonyl (C=O) groups excluding carboxylic acids is 1. The molecule has 0 unspecified atom stereocenters. The van der Waals surface area contributed by atoms with Gasteiger partial charge in [-0.1, -0.05) is 47.5 Å². The second-order valence-electron chi connectivity index (χ2n) is 7.31. The van der Waals surface area contributed by atoms with Crippen LogP contribution in [0, 0.1) is 27.7 Å². The Labute approximate surface area is 165 Å². The molecule has 0 bridgehead atoms. The summed E-state index contributed by atoms with van der Waals surface area (Å²) in [6.07, 6.45) is 0. The fourth-order valence-corrected chi connectivity index (χ4v) is 3.30. The first kappa shape index (κ1) is 19.5. The number of benzene rings is 2. The van der Waals surface area contributed by atoms with Gasteiger partial charge in [-0.15, -0.1) is 0 Å². The van der Waals surface area contributed by atoms with Crippen LogP contribution in [0.1, 0.15) is 35.2 Å². The third-order valence-electron chi connectivity index (χ3n) is 4.84. The largest absolute Gasteiger partial charge is 0.324 e. The van der Waals surface area contributed by atoms with Gasteiger partial charge in [-0.05, 0) is 51.8 Å². The molecule has 0 saturated heterocycles. The highest BCUT2D eigenvalue weighted by atomic mass is 16.2. The van der Waals surface area contributed by atoms with Gasteiger partial charge in [0.25, 0.3) is 5.56 Å². The molecule has 0 aliphatic heterocycles. The highest BCUT2D eigenvalue weighted by Crippen LogP contribution is 2.23. The van der Waals surface area contributed by atoms with E-state index in [9.17, 15) is 9.59 Å². The second kappa shape index (κ2) is 7.80. The summed E-state index contributed by atoms with van der Waals surface area (Å²) in [7, 11) is 0. The minimum atomic E-state index is -0.738. The second-order valence-corrected chi connectivity index (χ2v) is 7.31. The molecule has 0 aliphatic rings. The van der Waals surface area contributed by atoms with Gasteiger partial charge in [-0.25, -0.2) is 4.68 Å². The van der Waals surface area contributed by atoms with Crippen LogP contribution in [-0.4, -0.2) is 15.7 Å². The van der Waals surface area contributed by atoms with E-state index in [4.69, 9.17) is 0 Å². The monoisotopic (exact) mass is 375 g/mol. The molecule has 1 heterocycles. The Morgan fingerprint density at radius 1 is 0.929 bits per heavy atom. The van der Waals surface area contributed by atoms with Crippen molar-refractivity contribution in [2.24, 2.45) is 0 Å². The molecule has 0 radical (unpaired) electrons. The van der Waals surface area contributed by atoms with Crippen LogP contribution in [-0.2, 0) is 4.79 Å². The predicted octanol–water partition coefficient (Wildman–Crippen LogP) is 4.34. The molecule has 1 atom stereocenters. The van der Waals surface area contributed by atoms with Crippen LogP contribution in [0.25, 0.3) is 11.3 Å². The molecular weight excluding hydrogens is 350 g/mol. The fraction of sp³-hybridized carbons (Fsp3) is 0.261. The predicted molar refractivity (Wildman–Crippen MR) is 113 cm³/mol. The van der Waals surface area contributed by atoms with E-state index in [-0.39, 0.29) is 11.5 Å². The molecule has 144 valence electrons. The molecule has 5 nitrogen and oxygen atoms in total. The molecule has 5 heteroatoms.